The van der Waals surface area contributed by atoms with Crippen LogP contribution in [0.4, 0.5) is 4.79 Å². The molecule has 2 rings (SSSR count). The van der Waals surface area contributed by atoms with Crippen LogP contribution in [0, 0.1) is 0 Å². The van der Waals surface area contributed by atoms with Crippen molar-refractivity contribution in [2.75, 3.05) is 26.4 Å². The van der Waals surface area contributed by atoms with Crippen molar-refractivity contribution in [1.82, 2.24) is 10.6 Å². The van der Waals surface area contributed by atoms with Crippen molar-refractivity contribution >= 4 is 17.6 Å². The number of amides is 2. The van der Waals surface area contributed by atoms with Crippen LogP contribution in [0.25, 0.3) is 0 Å². The van der Waals surface area contributed by atoms with Crippen LogP contribution in [-0.4, -0.2) is 38.5 Å². The van der Waals surface area contributed by atoms with Crippen molar-refractivity contribution in [3.63, 3.8) is 0 Å². The summed E-state index contributed by atoms with van der Waals surface area (Å²) in [5.41, 5.74) is 1.01. The van der Waals surface area contributed by atoms with Gasteiger partial charge in [0.05, 0.1) is 12.7 Å². The van der Waals surface area contributed by atoms with E-state index in [0.29, 0.717) is 31.3 Å². The Balaban J connectivity index is 1.46. The molecule has 0 bridgehead atoms. The minimum Gasteiger partial charge on any atom is -0.379 e. The highest BCUT2D eigenvalue weighted by molar-refractivity contribution is 6.30. The first-order chi connectivity index (χ1) is 10.7. The van der Waals surface area contributed by atoms with Gasteiger partial charge in [-0.25, -0.2) is 4.79 Å². The van der Waals surface area contributed by atoms with Gasteiger partial charge in [0.15, 0.2) is 0 Å². The lowest BCUT2D eigenvalue weighted by Gasteiger charge is -2.10. The molecular weight excluding hydrogens is 304 g/mol. The van der Waals surface area contributed by atoms with Gasteiger partial charge in [0.2, 0.25) is 0 Å². The Bertz CT molecular complexity index is 447. The van der Waals surface area contributed by atoms with E-state index < -0.39 is 0 Å². The fraction of sp³-hybridized carbons (Fsp3) is 0.562. The van der Waals surface area contributed by atoms with Crippen molar-refractivity contribution in [2.24, 2.45) is 0 Å². The van der Waals surface area contributed by atoms with E-state index in [4.69, 9.17) is 21.1 Å². The second kappa shape index (κ2) is 9.66. The van der Waals surface area contributed by atoms with Gasteiger partial charge in [-0.1, -0.05) is 23.7 Å². The molecular formula is C16H23ClN2O3. The van der Waals surface area contributed by atoms with E-state index in [2.05, 4.69) is 10.6 Å². The number of ether oxygens (including phenoxy) is 2. The van der Waals surface area contributed by atoms with E-state index in [-0.39, 0.29) is 12.1 Å². The molecule has 1 aromatic rings. The quantitative estimate of drug-likeness (QED) is 0.722. The maximum Gasteiger partial charge on any atom is 0.315 e. The highest BCUT2D eigenvalue weighted by Crippen LogP contribution is 2.11. The van der Waals surface area contributed by atoms with Gasteiger partial charge in [0.25, 0.3) is 0 Å². The zero-order valence-corrected chi connectivity index (χ0v) is 13.4. The number of carbonyl (C=O) groups excluding carboxylic acids is 1. The monoisotopic (exact) mass is 326 g/mol. The molecule has 122 valence electrons. The minimum atomic E-state index is -0.172. The molecule has 1 fully saturated rings. The lowest BCUT2D eigenvalue weighted by Crippen LogP contribution is -2.35. The Labute approximate surface area is 136 Å². The highest BCUT2D eigenvalue weighted by Gasteiger charge is 2.14. The van der Waals surface area contributed by atoms with Crippen molar-refractivity contribution in [1.29, 1.82) is 0 Å². The topological polar surface area (TPSA) is 59.6 Å². The molecule has 0 saturated carbocycles. The summed E-state index contributed by atoms with van der Waals surface area (Å²) in [7, 11) is 0. The van der Waals surface area contributed by atoms with Crippen molar-refractivity contribution in [3.05, 3.63) is 34.9 Å². The van der Waals surface area contributed by atoms with Gasteiger partial charge in [-0.15, -0.1) is 0 Å². The summed E-state index contributed by atoms with van der Waals surface area (Å²) in [4.78, 5) is 11.6. The normalized spacial score (nSPS) is 17.4. The average Bonchev–Trinajstić information content (AvgIpc) is 3.03. The zero-order valence-electron chi connectivity index (χ0n) is 12.6. The predicted octanol–water partition coefficient (Wildman–Crippen LogP) is 2.72. The number of halogens is 1. The van der Waals surface area contributed by atoms with Gasteiger partial charge in [-0.2, -0.15) is 0 Å². The summed E-state index contributed by atoms with van der Waals surface area (Å²) in [6.45, 7) is 3.22. The standard InChI is InChI=1S/C16H23ClN2O3/c17-14-6-4-13(5-7-14)11-19-16(20)18-8-2-9-21-12-15-3-1-10-22-15/h4-7,15H,1-3,8-12H2,(H2,18,19,20). The number of nitrogens with one attached hydrogen (secondary N) is 2. The Morgan fingerprint density at radius 2 is 2.14 bits per heavy atom. The van der Waals surface area contributed by atoms with E-state index >= 15 is 0 Å². The summed E-state index contributed by atoms with van der Waals surface area (Å²) in [5, 5.41) is 6.30. The summed E-state index contributed by atoms with van der Waals surface area (Å²) in [5.74, 6) is 0. The van der Waals surface area contributed by atoms with Crippen LogP contribution in [0.1, 0.15) is 24.8 Å². The molecule has 1 aliphatic rings. The first kappa shape index (κ1) is 17.1. The molecule has 1 saturated heterocycles. The number of rotatable bonds is 8. The van der Waals surface area contributed by atoms with Crippen LogP contribution in [0.5, 0.6) is 0 Å². The van der Waals surface area contributed by atoms with Crippen LogP contribution in [0.3, 0.4) is 0 Å². The van der Waals surface area contributed by atoms with E-state index in [1.807, 2.05) is 24.3 Å². The Kier molecular flexibility index (Phi) is 7.49. The SMILES string of the molecule is O=C(NCCCOCC1CCCO1)NCc1ccc(Cl)cc1. The smallest absolute Gasteiger partial charge is 0.315 e. The third-order valence-corrected chi connectivity index (χ3v) is 3.70. The molecule has 1 aliphatic heterocycles. The molecule has 0 aliphatic carbocycles. The lowest BCUT2D eigenvalue weighted by atomic mass is 10.2. The number of hydrogen-bond donors (Lipinski definition) is 2. The summed E-state index contributed by atoms with van der Waals surface area (Å²) >= 11 is 5.81. The first-order valence-electron chi connectivity index (χ1n) is 7.69. The molecule has 1 heterocycles. The average molecular weight is 327 g/mol. The lowest BCUT2D eigenvalue weighted by molar-refractivity contribution is 0.0168. The molecule has 1 unspecified atom stereocenters. The van der Waals surface area contributed by atoms with Gasteiger partial charge >= 0.3 is 6.03 Å². The van der Waals surface area contributed by atoms with Crippen molar-refractivity contribution < 1.29 is 14.3 Å². The molecule has 22 heavy (non-hydrogen) atoms. The number of carbonyl (C=O) groups is 1. The maximum absolute atomic E-state index is 11.6. The largest absolute Gasteiger partial charge is 0.379 e. The fourth-order valence-corrected chi connectivity index (χ4v) is 2.34. The van der Waals surface area contributed by atoms with E-state index in [1.54, 1.807) is 0 Å². The molecule has 0 spiro atoms. The highest BCUT2D eigenvalue weighted by atomic mass is 35.5. The van der Waals surface area contributed by atoms with E-state index in [0.717, 1.165) is 31.4 Å². The molecule has 1 aromatic carbocycles. The molecule has 0 aromatic heterocycles. The molecule has 6 heteroatoms. The van der Waals surface area contributed by atoms with Crippen LogP contribution in [-0.2, 0) is 16.0 Å². The van der Waals surface area contributed by atoms with Gasteiger partial charge in [-0.3, -0.25) is 0 Å². The summed E-state index contributed by atoms with van der Waals surface area (Å²) in [6, 6.07) is 7.22. The van der Waals surface area contributed by atoms with Crippen molar-refractivity contribution in [2.45, 2.75) is 31.9 Å². The maximum atomic E-state index is 11.6. The first-order valence-corrected chi connectivity index (χ1v) is 8.07. The molecule has 1 atom stereocenters. The number of hydrogen-bond acceptors (Lipinski definition) is 3. The Morgan fingerprint density at radius 3 is 2.86 bits per heavy atom. The second-order valence-electron chi connectivity index (χ2n) is 5.30. The van der Waals surface area contributed by atoms with Crippen LogP contribution in [0.15, 0.2) is 24.3 Å². The fourth-order valence-electron chi connectivity index (χ4n) is 2.21. The molecule has 0 radical (unpaired) electrons. The molecule has 2 amide bonds. The molecule has 5 nitrogen and oxygen atoms in total. The van der Waals surface area contributed by atoms with E-state index in [1.165, 1.54) is 0 Å². The van der Waals surface area contributed by atoms with Gasteiger partial charge in [-0.05, 0) is 37.0 Å². The van der Waals surface area contributed by atoms with E-state index in [9.17, 15) is 4.79 Å². The van der Waals surface area contributed by atoms with Crippen molar-refractivity contribution in [3.8, 4) is 0 Å². The van der Waals surface area contributed by atoms with Crippen LogP contribution in [0.2, 0.25) is 5.02 Å². The Morgan fingerprint density at radius 1 is 1.32 bits per heavy atom. The van der Waals surface area contributed by atoms with Gasteiger partial charge < -0.3 is 20.1 Å². The van der Waals surface area contributed by atoms with Crippen LogP contribution < -0.4 is 10.6 Å². The zero-order chi connectivity index (χ0) is 15.6. The third-order valence-electron chi connectivity index (χ3n) is 3.45. The predicted molar refractivity (Wildman–Crippen MR) is 86.1 cm³/mol. The van der Waals surface area contributed by atoms with Gasteiger partial charge in [0.1, 0.15) is 0 Å². The summed E-state index contributed by atoms with van der Waals surface area (Å²) in [6.07, 6.45) is 3.27. The minimum absolute atomic E-state index is 0.172. The van der Waals surface area contributed by atoms with Crippen LogP contribution >= 0.6 is 11.6 Å². The Hall–Kier alpha value is -1.30. The second-order valence-corrected chi connectivity index (χ2v) is 5.74. The third kappa shape index (κ3) is 6.64. The molecule has 2 N–H and O–H groups in total. The van der Waals surface area contributed by atoms with Gasteiger partial charge in [0, 0.05) is 31.3 Å². The number of benzene rings is 1. The number of urea groups is 1. The summed E-state index contributed by atoms with van der Waals surface area (Å²) < 4.78 is 11.0.